The molecule has 0 saturated carbocycles. The molecule has 0 fully saturated rings. The van der Waals surface area contributed by atoms with Crippen molar-refractivity contribution in [3.05, 3.63) is 51.8 Å². The molecule has 3 rings (SSSR count). The molecule has 1 N–H and O–H groups in total. The quantitative estimate of drug-likeness (QED) is 0.938. The summed E-state index contributed by atoms with van der Waals surface area (Å²) in [5, 5.41) is 8.65. The molecule has 0 bridgehead atoms. The van der Waals surface area contributed by atoms with E-state index in [0.717, 1.165) is 28.6 Å². The molecule has 22 heavy (non-hydrogen) atoms. The van der Waals surface area contributed by atoms with Crippen LogP contribution in [0.4, 0.5) is 0 Å². The van der Waals surface area contributed by atoms with Crippen molar-refractivity contribution in [1.29, 1.82) is 0 Å². The number of ether oxygens (including phenoxy) is 1. The fourth-order valence-corrected chi connectivity index (χ4v) is 2.92. The summed E-state index contributed by atoms with van der Waals surface area (Å²) in [4.78, 5) is 0. The van der Waals surface area contributed by atoms with Crippen molar-refractivity contribution in [2.75, 3.05) is 13.2 Å². The Morgan fingerprint density at radius 3 is 3.00 bits per heavy atom. The molecule has 0 saturated heterocycles. The molecule has 116 valence electrons. The second-order valence-electron chi connectivity index (χ2n) is 5.72. The average Bonchev–Trinajstić information content (AvgIpc) is 2.83. The lowest BCUT2D eigenvalue weighted by atomic mass is 10.1. The zero-order valence-corrected chi connectivity index (χ0v) is 13.8. The highest BCUT2D eigenvalue weighted by Gasteiger charge is 2.15. The monoisotopic (exact) mass is 317 g/mol. The van der Waals surface area contributed by atoms with E-state index in [1.165, 1.54) is 11.1 Å². The lowest BCUT2D eigenvalue weighted by Crippen LogP contribution is -2.24. The molecule has 0 amide bonds. The third-order valence-electron chi connectivity index (χ3n) is 3.90. The van der Waals surface area contributed by atoms with Crippen LogP contribution in [0.2, 0.25) is 5.02 Å². The highest BCUT2D eigenvalue weighted by atomic mass is 35.5. The Kier molecular flexibility index (Phi) is 4.23. The number of hydrogen-bond donors (Lipinski definition) is 1. The van der Waals surface area contributed by atoms with E-state index in [2.05, 4.69) is 29.6 Å². The summed E-state index contributed by atoms with van der Waals surface area (Å²) in [6.45, 7) is 5.58. The number of aryl methyl sites for hydroxylation is 2. The largest absolute Gasteiger partial charge is 0.489 e. The van der Waals surface area contributed by atoms with Crippen LogP contribution in [0.3, 0.4) is 0 Å². The Balaban J connectivity index is 1.68. The smallest absolute Gasteiger partial charge is 0.127 e. The van der Waals surface area contributed by atoms with Crippen LogP contribution in [0.1, 0.15) is 29.8 Å². The maximum atomic E-state index is 6.04. The van der Waals surface area contributed by atoms with Gasteiger partial charge in [0.1, 0.15) is 12.4 Å². The number of fused-ring (bicyclic) bond motifs is 1. The van der Waals surface area contributed by atoms with Crippen molar-refractivity contribution < 1.29 is 4.74 Å². The third-order valence-corrected chi connectivity index (χ3v) is 4.13. The SMILES string of the molecule is Cc1nn(C)cc1[C@@H](C)NCC1=Cc2cc(Cl)ccc2OC1. The first-order chi connectivity index (χ1) is 10.5. The molecular formula is C17H20ClN3O. The van der Waals surface area contributed by atoms with E-state index in [1.807, 2.05) is 36.9 Å². The summed E-state index contributed by atoms with van der Waals surface area (Å²) in [7, 11) is 1.95. The van der Waals surface area contributed by atoms with Gasteiger partial charge in [0.25, 0.3) is 0 Å². The van der Waals surface area contributed by atoms with Gasteiger partial charge in [0.05, 0.1) is 5.69 Å². The minimum absolute atomic E-state index is 0.246. The van der Waals surface area contributed by atoms with Gasteiger partial charge >= 0.3 is 0 Å². The maximum Gasteiger partial charge on any atom is 0.127 e. The number of benzene rings is 1. The molecule has 4 nitrogen and oxygen atoms in total. The number of hydrogen-bond acceptors (Lipinski definition) is 3. The normalized spacial score (nSPS) is 15.0. The molecule has 1 aromatic carbocycles. The van der Waals surface area contributed by atoms with Crippen molar-refractivity contribution in [2.45, 2.75) is 19.9 Å². The Hall–Kier alpha value is -1.78. The number of nitrogens with zero attached hydrogens (tertiary/aromatic N) is 2. The van der Waals surface area contributed by atoms with Crippen LogP contribution >= 0.6 is 11.6 Å². The van der Waals surface area contributed by atoms with E-state index in [4.69, 9.17) is 16.3 Å². The zero-order chi connectivity index (χ0) is 15.7. The summed E-state index contributed by atoms with van der Waals surface area (Å²) in [6.07, 6.45) is 4.22. The Bertz CT molecular complexity index is 721. The predicted molar refractivity (Wildman–Crippen MR) is 89.3 cm³/mol. The Labute approximate surface area is 135 Å². The highest BCUT2D eigenvalue weighted by molar-refractivity contribution is 6.30. The van der Waals surface area contributed by atoms with Gasteiger partial charge in [0.15, 0.2) is 0 Å². The fraction of sp³-hybridized carbons (Fsp3) is 0.353. The van der Waals surface area contributed by atoms with Gasteiger partial charge < -0.3 is 10.1 Å². The lowest BCUT2D eigenvalue weighted by molar-refractivity contribution is 0.341. The van der Waals surface area contributed by atoms with E-state index >= 15 is 0 Å². The molecule has 1 atom stereocenters. The molecule has 1 aliphatic rings. The first-order valence-corrected chi connectivity index (χ1v) is 7.76. The summed E-state index contributed by atoms with van der Waals surface area (Å²) < 4.78 is 7.62. The van der Waals surface area contributed by atoms with Crippen molar-refractivity contribution in [3.63, 3.8) is 0 Å². The minimum atomic E-state index is 0.246. The van der Waals surface area contributed by atoms with E-state index in [9.17, 15) is 0 Å². The molecular weight excluding hydrogens is 298 g/mol. The van der Waals surface area contributed by atoms with Crippen LogP contribution in [-0.4, -0.2) is 22.9 Å². The van der Waals surface area contributed by atoms with Gasteiger partial charge in [0.2, 0.25) is 0 Å². The molecule has 0 unspecified atom stereocenters. The first kappa shape index (κ1) is 15.1. The van der Waals surface area contributed by atoms with Gasteiger partial charge in [-0.2, -0.15) is 5.10 Å². The Morgan fingerprint density at radius 2 is 2.27 bits per heavy atom. The Morgan fingerprint density at radius 1 is 1.45 bits per heavy atom. The van der Waals surface area contributed by atoms with Gasteiger partial charge in [-0.25, -0.2) is 0 Å². The molecule has 0 spiro atoms. The zero-order valence-electron chi connectivity index (χ0n) is 13.1. The standard InChI is InChI=1S/C17H20ClN3O/c1-11(16-9-21(3)20-12(16)2)19-8-13-6-14-7-15(18)4-5-17(14)22-10-13/h4-7,9,11,19H,8,10H2,1-3H3/t11-/m1/s1. The van der Waals surface area contributed by atoms with Crippen molar-refractivity contribution in [3.8, 4) is 5.75 Å². The third kappa shape index (κ3) is 3.18. The predicted octanol–water partition coefficient (Wildman–Crippen LogP) is 3.51. The summed E-state index contributed by atoms with van der Waals surface area (Å²) in [5.41, 5.74) is 4.54. The van der Waals surface area contributed by atoms with Crippen LogP contribution in [0.5, 0.6) is 5.75 Å². The van der Waals surface area contributed by atoms with E-state index in [-0.39, 0.29) is 6.04 Å². The van der Waals surface area contributed by atoms with Gasteiger partial charge in [-0.15, -0.1) is 0 Å². The number of nitrogens with one attached hydrogen (secondary N) is 1. The summed E-state index contributed by atoms with van der Waals surface area (Å²) in [5.74, 6) is 0.893. The van der Waals surface area contributed by atoms with Crippen molar-refractivity contribution in [2.24, 2.45) is 7.05 Å². The average molecular weight is 318 g/mol. The fourth-order valence-electron chi connectivity index (χ4n) is 2.73. The molecule has 2 aromatic rings. The van der Waals surface area contributed by atoms with Gasteiger partial charge in [-0.3, -0.25) is 4.68 Å². The molecule has 0 aliphatic carbocycles. The van der Waals surface area contributed by atoms with Crippen LogP contribution < -0.4 is 10.1 Å². The summed E-state index contributed by atoms with van der Waals surface area (Å²) in [6, 6.07) is 5.95. The highest BCUT2D eigenvalue weighted by Crippen LogP contribution is 2.29. The van der Waals surface area contributed by atoms with Gasteiger partial charge in [-0.05, 0) is 43.7 Å². The van der Waals surface area contributed by atoms with Crippen LogP contribution in [0, 0.1) is 6.92 Å². The minimum Gasteiger partial charge on any atom is -0.489 e. The molecule has 2 heterocycles. The van der Waals surface area contributed by atoms with Crippen LogP contribution in [0.25, 0.3) is 6.08 Å². The van der Waals surface area contributed by atoms with E-state index in [0.29, 0.717) is 6.61 Å². The maximum absolute atomic E-state index is 6.04. The molecule has 1 aromatic heterocycles. The van der Waals surface area contributed by atoms with Crippen molar-refractivity contribution in [1.82, 2.24) is 15.1 Å². The van der Waals surface area contributed by atoms with E-state index < -0.39 is 0 Å². The lowest BCUT2D eigenvalue weighted by Gasteiger charge is -2.20. The second-order valence-corrected chi connectivity index (χ2v) is 6.16. The summed E-state index contributed by atoms with van der Waals surface area (Å²) >= 11 is 6.04. The van der Waals surface area contributed by atoms with Crippen molar-refractivity contribution >= 4 is 17.7 Å². The molecule has 5 heteroatoms. The van der Waals surface area contributed by atoms with Gasteiger partial charge in [0, 0.05) is 42.0 Å². The molecule has 0 radical (unpaired) electrons. The first-order valence-electron chi connectivity index (χ1n) is 7.38. The number of rotatable bonds is 4. The van der Waals surface area contributed by atoms with Crippen LogP contribution in [0.15, 0.2) is 30.0 Å². The molecule has 1 aliphatic heterocycles. The number of halogens is 1. The second kappa shape index (κ2) is 6.15. The number of aromatic nitrogens is 2. The van der Waals surface area contributed by atoms with Crippen LogP contribution in [-0.2, 0) is 7.05 Å². The van der Waals surface area contributed by atoms with E-state index in [1.54, 1.807) is 0 Å². The topological polar surface area (TPSA) is 39.1 Å². The van der Waals surface area contributed by atoms with Gasteiger partial charge in [-0.1, -0.05) is 11.6 Å².